The van der Waals surface area contributed by atoms with Crippen molar-refractivity contribution in [3.8, 4) is 0 Å². The van der Waals surface area contributed by atoms with E-state index in [9.17, 15) is 9.90 Å². The molecule has 1 aromatic rings. The predicted octanol–water partition coefficient (Wildman–Crippen LogP) is 1.12. The molecule has 0 aliphatic heterocycles. The van der Waals surface area contributed by atoms with E-state index in [1.807, 2.05) is 6.26 Å². The summed E-state index contributed by atoms with van der Waals surface area (Å²) < 4.78 is 4.92. The van der Waals surface area contributed by atoms with Gasteiger partial charge in [0, 0.05) is 12.3 Å². The molecule has 0 aliphatic rings. The Morgan fingerprint density at radius 2 is 2.47 bits per heavy atom. The summed E-state index contributed by atoms with van der Waals surface area (Å²) in [5.74, 6) is 0.530. The molecule has 84 valence electrons. The molecule has 0 bridgehead atoms. The van der Waals surface area contributed by atoms with Crippen molar-refractivity contribution in [1.82, 2.24) is 5.32 Å². The van der Waals surface area contributed by atoms with Gasteiger partial charge in [-0.15, -0.1) is 0 Å². The van der Waals surface area contributed by atoms with Crippen LogP contribution in [0.3, 0.4) is 0 Å². The Kier molecular flexibility index (Phi) is 4.23. The quantitative estimate of drug-likeness (QED) is 0.794. The summed E-state index contributed by atoms with van der Waals surface area (Å²) in [6, 6.07) is 3.23. The van der Waals surface area contributed by atoms with Crippen LogP contribution in [0, 0.1) is 0 Å². The Morgan fingerprint density at radius 3 is 3.00 bits per heavy atom. The van der Waals surface area contributed by atoms with Gasteiger partial charge < -0.3 is 14.8 Å². The minimum atomic E-state index is -0.887. The van der Waals surface area contributed by atoms with Crippen molar-refractivity contribution in [2.75, 3.05) is 18.6 Å². The van der Waals surface area contributed by atoms with Crippen LogP contribution in [0.5, 0.6) is 0 Å². The Labute approximate surface area is 93.0 Å². The lowest BCUT2D eigenvalue weighted by molar-refractivity contribution is 0.0710. The highest BCUT2D eigenvalue weighted by Crippen LogP contribution is 2.09. The van der Waals surface area contributed by atoms with Gasteiger partial charge in [0.2, 0.25) is 0 Å². The lowest BCUT2D eigenvalue weighted by atomic mass is 10.1. The lowest BCUT2D eigenvalue weighted by Crippen LogP contribution is -2.42. The maximum atomic E-state index is 11.4. The van der Waals surface area contributed by atoms with Crippen molar-refractivity contribution in [2.45, 2.75) is 12.5 Å². The first-order valence-corrected chi connectivity index (χ1v) is 5.97. The third kappa shape index (κ3) is 3.97. The average molecular weight is 229 g/mol. The van der Waals surface area contributed by atoms with Gasteiger partial charge in [0.1, 0.15) is 0 Å². The van der Waals surface area contributed by atoms with Crippen molar-refractivity contribution in [1.29, 1.82) is 0 Å². The van der Waals surface area contributed by atoms with Crippen molar-refractivity contribution < 1.29 is 14.3 Å². The molecule has 0 fully saturated rings. The Bertz CT molecular complexity index is 308. The highest BCUT2D eigenvalue weighted by atomic mass is 32.2. The zero-order valence-corrected chi connectivity index (χ0v) is 9.63. The van der Waals surface area contributed by atoms with Crippen LogP contribution in [-0.2, 0) is 0 Å². The molecule has 0 aromatic carbocycles. The van der Waals surface area contributed by atoms with Crippen molar-refractivity contribution in [3.05, 3.63) is 24.2 Å². The Hall–Kier alpha value is -0.940. The van der Waals surface area contributed by atoms with Crippen LogP contribution in [0.25, 0.3) is 0 Å². The first-order valence-electron chi connectivity index (χ1n) is 4.58. The molecule has 0 spiro atoms. The van der Waals surface area contributed by atoms with E-state index >= 15 is 0 Å². The molecule has 0 aliphatic carbocycles. The summed E-state index contributed by atoms with van der Waals surface area (Å²) in [7, 11) is 0. The van der Waals surface area contributed by atoms with Crippen molar-refractivity contribution in [3.63, 3.8) is 0 Å². The van der Waals surface area contributed by atoms with Gasteiger partial charge in [0.05, 0.1) is 11.9 Å². The van der Waals surface area contributed by atoms with Crippen LogP contribution in [0.4, 0.5) is 0 Å². The van der Waals surface area contributed by atoms with Gasteiger partial charge in [-0.1, -0.05) is 0 Å². The van der Waals surface area contributed by atoms with Gasteiger partial charge in [-0.3, -0.25) is 4.79 Å². The summed E-state index contributed by atoms with van der Waals surface area (Å²) in [6.07, 6.45) is 3.35. The highest BCUT2D eigenvalue weighted by Gasteiger charge is 2.21. The molecule has 0 saturated heterocycles. The number of thioether (sulfide) groups is 1. The van der Waals surface area contributed by atoms with Gasteiger partial charge in [-0.2, -0.15) is 11.8 Å². The SMILES string of the molecule is CSCC(C)(O)CNC(=O)c1ccco1. The molecule has 0 saturated carbocycles. The van der Waals surface area contributed by atoms with E-state index in [0.717, 1.165) is 0 Å². The smallest absolute Gasteiger partial charge is 0.287 e. The van der Waals surface area contributed by atoms with Crippen LogP contribution >= 0.6 is 11.8 Å². The topological polar surface area (TPSA) is 62.5 Å². The van der Waals surface area contributed by atoms with Crippen LogP contribution in [-0.4, -0.2) is 35.2 Å². The minimum Gasteiger partial charge on any atom is -0.459 e. The maximum Gasteiger partial charge on any atom is 0.287 e. The number of carbonyl (C=O) groups excluding carboxylic acids is 1. The van der Waals surface area contributed by atoms with E-state index in [2.05, 4.69) is 5.32 Å². The van der Waals surface area contributed by atoms with Crippen LogP contribution in [0.15, 0.2) is 22.8 Å². The number of nitrogens with one attached hydrogen (secondary N) is 1. The second kappa shape index (κ2) is 5.23. The van der Waals surface area contributed by atoms with Crippen LogP contribution in [0.2, 0.25) is 0 Å². The molecule has 5 heteroatoms. The first kappa shape index (κ1) is 12.1. The second-order valence-corrected chi connectivity index (χ2v) is 4.46. The molecular formula is C10H15NO3S. The number of aliphatic hydroxyl groups is 1. The van der Waals surface area contributed by atoms with Gasteiger partial charge in [-0.05, 0) is 25.3 Å². The number of hydrogen-bond acceptors (Lipinski definition) is 4. The molecule has 4 nitrogen and oxygen atoms in total. The zero-order chi connectivity index (χ0) is 11.3. The van der Waals surface area contributed by atoms with Crippen LogP contribution < -0.4 is 5.32 Å². The van der Waals surface area contributed by atoms with E-state index < -0.39 is 5.60 Å². The Morgan fingerprint density at radius 1 is 1.73 bits per heavy atom. The lowest BCUT2D eigenvalue weighted by Gasteiger charge is -2.22. The molecule has 15 heavy (non-hydrogen) atoms. The first-order chi connectivity index (χ1) is 7.05. The van der Waals surface area contributed by atoms with Gasteiger partial charge >= 0.3 is 0 Å². The number of amides is 1. The fourth-order valence-electron chi connectivity index (χ4n) is 1.13. The number of hydrogen-bond donors (Lipinski definition) is 2. The molecule has 1 amide bonds. The fourth-order valence-corrected chi connectivity index (χ4v) is 1.85. The predicted molar refractivity (Wildman–Crippen MR) is 60.0 cm³/mol. The Balaban J connectivity index is 2.40. The van der Waals surface area contributed by atoms with E-state index in [4.69, 9.17) is 4.42 Å². The third-order valence-electron chi connectivity index (χ3n) is 1.83. The summed E-state index contributed by atoms with van der Waals surface area (Å²) >= 11 is 1.53. The molecule has 1 heterocycles. The van der Waals surface area contributed by atoms with Gasteiger partial charge in [0.25, 0.3) is 5.91 Å². The molecular weight excluding hydrogens is 214 g/mol. The third-order valence-corrected chi connectivity index (χ3v) is 2.74. The van der Waals surface area contributed by atoms with Crippen molar-refractivity contribution in [2.24, 2.45) is 0 Å². The van der Waals surface area contributed by atoms with Crippen LogP contribution in [0.1, 0.15) is 17.5 Å². The van der Waals surface area contributed by atoms with E-state index in [0.29, 0.717) is 5.75 Å². The zero-order valence-electron chi connectivity index (χ0n) is 8.82. The largest absolute Gasteiger partial charge is 0.459 e. The maximum absolute atomic E-state index is 11.4. The standard InChI is InChI=1S/C10H15NO3S/c1-10(13,7-15-2)6-11-9(12)8-4-3-5-14-8/h3-5,13H,6-7H2,1-2H3,(H,11,12). The highest BCUT2D eigenvalue weighted by molar-refractivity contribution is 7.98. The summed E-state index contributed by atoms with van der Waals surface area (Å²) in [5, 5.41) is 12.4. The number of furan rings is 1. The monoisotopic (exact) mass is 229 g/mol. The van der Waals surface area contributed by atoms with Gasteiger partial charge in [-0.25, -0.2) is 0 Å². The molecule has 1 atom stereocenters. The van der Waals surface area contributed by atoms with E-state index in [1.54, 1.807) is 19.1 Å². The van der Waals surface area contributed by atoms with E-state index in [-0.39, 0.29) is 18.2 Å². The number of rotatable bonds is 5. The normalized spacial score (nSPS) is 14.6. The number of carbonyl (C=O) groups is 1. The molecule has 1 unspecified atom stereocenters. The molecule has 0 radical (unpaired) electrons. The molecule has 1 aromatic heterocycles. The summed E-state index contributed by atoms with van der Waals surface area (Å²) in [6.45, 7) is 1.90. The second-order valence-electron chi connectivity index (χ2n) is 3.59. The average Bonchev–Trinajstić information content (AvgIpc) is 2.67. The van der Waals surface area contributed by atoms with E-state index in [1.165, 1.54) is 18.0 Å². The molecule has 1 rings (SSSR count). The minimum absolute atomic E-state index is 0.216. The summed E-state index contributed by atoms with van der Waals surface area (Å²) in [4.78, 5) is 11.4. The fraction of sp³-hybridized carbons (Fsp3) is 0.500. The molecule has 2 N–H and O–H groups in total. The van der Waals surface area contributed by atoms with Gasteiger partial charge in [0.15, 0.2) is 5.76 Å². The van der Waals surface area contributed by atoms with Crippen molar-refractivity contribution >= 4 is 17.7 Å². The summed E-state index contributed by atoms with van der Waals surface area (Å²) in [5.41, 5.74) is -0.887.